The maximum absolute atomic E-state index is 11.1. The summed E-state index contributed by atoms with van der Waals surface area (Å²) in [5, 5.41) is 0. The molecule has 1 rings (SSSR count). The summed E-state index contributed by atoms with van der Waals surface area (Å²) in [6.45, 7) is 4.12. The van der Waals surface area contributed by atoms with E-state index in [9.17, 15) is 4.79 Å². The van der Waals surface area contributed by atoms with Gasteiger partial charge in [-0.2, -0.15) is 0 Å². The Morgan fingerprint density at radius 2 is 2.42 bits per heavy atom. The number of aryl methyl sites for hydroxylation is 1. The van der Waals surface area contributed by atoms with Gasteiger partial charge >= 0.3 is 5.97 Å². The highest BCUT2D eigenvalue weighted by Gasteiger charge is 2.04. The van der Waals surface area contributed by atoms with Crippen LogP contribution in [0.5, 0.6) is 0 Å². The van der Waals surface area contributed by atoms with Crippen LogP contribution >= 0.6 is 0 Å². The van der Waals surface area contributed by atoms with Crippen LogP contribution in [-0.4, -0.2) is 12.6 Å². The van der Waals surface area contributed by atoms with Gasteiger partial charge in [-0.05, 0) is 26.0 Å². The third-order valence-corrected chi connectivity index (χ3v) is 1.45. The van der Waals surface area contributed by atoms with E-state index in [1.54, 1.807) is 19.1 Å². The Kier molecular flexibility index (Phi) is 2.86. The highest BCUT2D eigenvalue weighted by atomic mass is 16.5. The van der Waals surface area contributed by atoms with Gasteiger partial charge in [0.05, 0.1) is 12.2 Å². The lowest BCUT2D eigenvalue weighted by molar-refractivity contribution is 0.0526. The molecule has 0 fully saturated rings. The monoisotopic (exact) mass is 163 g/mol. The van der Waals surface area contributed by atoms with Gasteiger partial charge in [-0.25, -0.2) is 4.79 Å². The molecule has 0 bridgehead atoms. The van der Waals surface area contributed by atoms with Crippen molar-refractivity contribution in [3.8, 4) is 0 Å². The van der Waals surface area contributed by atoms with Crippen LogP contribution in [0.25, 0.3) is 0 Å². The van der Waals surface area contributed by atoms with Crippen molar-refractivity contribution in [2.45, 2.75) is 13.8 Å². The van der Waals surface area contributed by atoms with Crippen LogP contribution in [0.3, 0.4) is 0 Å². The fraction of sp³-hybridized carbons (Fsp3) is 0.300. The first-order chi connectivity index (χ1) is 5.74. The summed E-state index contributed by atoms with van der Waals surface area (Å²) in [5.41, 5.74) is 1.54. The first-order valence-electron chi connectivity index (χ1n) is 3.89. The fourth-order valence-corrected chi connectivity index (χ4v) is 0.907. The maximum atomic E-state index is 11.1. The minimum Gasteiger partial charge on any atom is -0.462 e. The number of hydrogen-bond acceptors (Lipinski definition) is 2. The summed E-state index contributed by atoms with van der Waals surface area (Å²) >= 11 is 0. The van der Waals surface area contributed by atoms with Crippen molar-refractivity contribution >= 4 is 5.97 Å². The van der Waals surface area contributed by atoms with Gasteiger partial charge in [0.2, 0.25) is 0 Å². The molecule has 0 heterocycles. The number of esters is 1. The summed E-state index contributed by atoms with van der Waals surface area (Å²) in [6, 6.07) is 8.20. The third-order valence-electron chi connectivity index (χ3n) is 1.45. The van der Waals surface area contributed by atoms with E-state index in [0.29, 0.717) is 12.2 Å². The molecule has 1 radical (unpaired) electrons. The fourth-order valence-electron chi connectivity index (χ4n) is 0.907. The largest absolute Gasteiger partial charge is 0.462 e. The molecule has 0 aliphatic rings. The molecule has 0 amide bonds. The molecule has 2 nitrogen and oxygen atoms in total. The number of carbonyl (C=O) groups excluding carboxylic acids is 1. The molecule has 0 N–H and O–H groups in total. The summed E-state index contributed by atoms with van der Waals surface area (Å²) < 4.78 is 4.81. The molecule has 0 aliphatic heterocycles. The lowest BCUT2D eigenvalue weighted by Crippen LogP contribution is -2.04. The third kappa shape index (κ3) is 2.09. The summed E-state index contributed by atoms with van der Waals surface area (Å²) in [6.07, 6.45) is 0. The van der Waals surface area contributed by atoms with Crippen LogP contribution in [0.1, 0.15) is 22.8 Å². The van der Waals surface area contributed by atoms with Crippen molar-refractivity contribution in [2.75, 3.05) is 6.61 Å². The van der Waals surface area contributed by atoms with Crippen molar-refractivity contribution in [3.05, 3.63) is 35.4 Å². The zero-order valence-electron chi connectivity index (χ0n) is 7.26. The standard InChI is InChI=1S/C10H11O2/c1-3-12-10(11)9-6-4-5-8(2)7-9/h4-5,7H,3H2,1-2H3. The summed E-state index contributed by atoms with van der Waals surface area (Å²) in [5.74, 6) is -0.304. The zero-order valence-corrected chi connectivity index (χ0v) is 7.26. The Morgan fingerprint density at radius 3 is 3.00 bits per heavy atom. The molecule has 0 atom stereocenters. The summed E-state index contributed by atoms with van der Waals surface area (Å²) in [7, 11) is 0. The Hall–Kier alpha value is -1.31. The Morgan fingerprint density at radius 1 is 1.67 bits per heavy atom. The van der Waals surface area contributed by atoms with Crippen molar-refractivity contribution in [1.29, 1.82) is 0 Å². The van der Waals surface area contributed by atoms with E-state index < -0.39 is 0 Å². The van der Waals surface area contributed by atoms with Crippen molar-refractivity contribution in [2.24, 2.45) is 0 Å². The predicted octanol–water partition coefficient (Wildman–Crippen LogP) is 1.97. The van der Waals surface area contributed by atoms with E-state index in [0.717, 1.165) is 5.56 Å². The van der Waals surface area contributed by atoms with E-state index in [2.05, 4.69) is 6.07 Å². The van der Waals surface area contributed by atoms with Gasteiger partial charge in [0.25, 0.3) is 0 Å². The van der Waals surface area contributed by atoms with Crippen LogP contribution in [0, 0.1) is 13.0 Å². The first-order valence-corrected chi connectivity index (χ1v) is 3.89. The Bertz CT molecular complexity index is 279. The number of carbonyl (C=O) groups is 1. The van der Waals surface area contributed by atoms with E-state index in [1.807, 2.05) is 13.0 Å². The topological polar surface area (TPSA) is 26.3 Å². The van der Waals surface area contributed by atoms with Gasteiger partial charge in [-0.15, -0.1) is 0 Å². The van der Waals surface area contributed by atoms with E-state index >= 15 is 0 Å². The van der Waals surface area contributed by atoms with Gasteiger partial charge < -0.3 is 4.74 Å². The summed E-state index contributed by atoms with van der Waals surface area (Å²) in [4.78, 5) is 11.1. The van der Waals surface area contributed by atoms with Crippen molar-refractivity contribution in [3.63, 3.8) is 0 Å². The molecule has 0 spiro atoms. The molecule has 12 heavy (non-hydrogen) atoms. The molecule has 1 aromatic carbocycles. The van der Waals surface area contributed by atoms with Gasteiger partial charge in [-0.3, -0.25) is 0 Å². The second-order valence-electron chi connectivity index (χ2n) is 2.50. The molecule has 2 heteroatoms. The number of hydrogen-bond donors (Lipinski definition) is 0. The number of benzene rings is 1. The van der Waals surface area contributed by atoms with Gasteiger partial charge in [0.15, 0.2) is 0 Å². The lowest BCUT2D eigenvalue weighted by Gasteiger charge is -2.00. The van der Waals surface area contributed by atoms with E-state index in [1.165, 1.54) is 0 Å². The van der Waals surface area contributed by atoms with Crippen LogP contribution in [0.2, 0.25) is 0 Å². The minimum absolute atomic E-state index is 0.304. The maximum Gasteiger partial charge on any atom is 0.338 e. The first kappa shape index (κ1) is 8.78. The molecular weight excluding hydrogens is 152 g/mol. The Labute approximate surface area is 72.2 Å². The van der Waals surface area contributed by atoms with Crippen LogP contribution < -0.4 is 0 Å². The van der Waals surface area contributed by atoms with E-state index in [4.69, 9.17) is 4.74 Å². The normalized spacial score (nSPS) is 9.50. The van der Waals surface area contributed by atoms with Crippen LogP contribution in [-0.2, 0) is 4.74 Å². The molecule has 0 unspecified atom stereocenters. The predicted molar refractivity (Wildman–Crippen MR) is 46.0 cm³/mol. The molecular formula is C10H11O2. The number of rotatable bonds is 2. The lowest BCUT2D eigenvalue weighted by atomic mass is 10.1. The molecule has 0 aliphatic carbocycles. The Balaban J connectivity index is 2.81. The SMILES string of the molecule is CCOC(=O)c1[c]ccc(C)c1. The average Bonchev–Trinajstić information content (AvgIpc) is 2.05. The molecule has 63 valence electrons. The van der Waals surface area contributed by atoms with Crippen molar-refractivity contribution in [1.82, 2.24) is 0 Å². The number of ether oxygens (including phenoxy) is 1. The van der Waals surface area contributed by atoms with E-state index in [-0.39, 0.29) is 5.97 Å². The molecule has 0 saturated heterocycles. The minimum atomic E-state index is -0.304. The average molecular weight is 163 g/mol. The smallest absolute Gasteiger partial charge is 0.338 e. The molecule has 0 saturated carbocycles. The second kappa shape index (κ2) is 3.90. The highest BCUT2D eigenvalue weighted by molar-refractivity contribution is 5.89. The van der Waals surface area contributed by atoms with Gasteiger partial charge in [-0.1, -0.05) is 17.7 Å². The van der Waals surface area contributed by atoms with Crippen LogP contribution in [0.15, 0.2) is 18.2 Å². The van der Waals surface area contributed by atoms with Crippen LogP contribution in [0.4, 0.5) is 0 Å². The quantitative estimate of drug-likeness (QED) is 0.623. The van der Waals surface area contributed by atoms with Gasteiger partial charge in [0.1, 0.15) is 0 Å². The molecule has 1 aromatic rings. The highest BCUT2D eigenvalue weighted by Crippen LogP contribution is 2.04. The second-order valence-corrected chi connectivity index (χ2v) is 2.50. The molecule has 0 aromatic heterocycles. The van der Waals surface area contributed by atoms with Crippen molar-refractivity contribution < 1.29 is 9.53 Å². The van der Waals surface area contributed by atoms with Gasteiger partial charge in [0, 0.05) is 0 Å². The zero-order chi connectivity index (χ0) is 8.97.